The number of rotatable bonds is 6. The van der Waals surface area contributed by atoms with Crippen molar-refractivity contribution >= 4 is 11.6 Å². The Balaban J connectivity index is 2.68. The second kappa shape index (κ2) is 8.04. The average Bonchev–Trinajstić information content (AvgIpc) is 2.52. The van der Waals surface area contributed by atoms with E-state index in [9.17, 15) is 4.79 Å². The fourth-order valence-corrected chi connectivity index (χ4v) is 1.99. The van der Waals surface area contributed by atoms with Crippen LogP contribution in [0.25, 0.3) is 0 Å². The van der Waals surface area contributed by atoms with Crippen molar-refractivity contribution in [2.75, 3.05) is 18.4 Å². The molecule has 0 aromatic heterocycles. The lowest BCUT2D eigenvalue weighted by Gasteiger charge is -2.27. The third kappa shape index (κ3) is 4.91. The Kier molecular flexibility index (Phi) is 6.39. The molecule has 2 unspecified atom stereocenters. The molecule has 1 aromatic rings. The Morgan fingerprint density at radius 3 is 2.38 bits per heavy atom. The Hall–Kier alpha value is -2.37. The van der Waals surface area contributed by atoms with Crippen LogP contribution in [0.4, 0.5) is 5.69 Å². The molecule has 0 saturated heterocycles. The normalized spacial score (nSPS) is 13.0. The minimum atomic E-state index is -0.318. The fourth-order valence-electron chi connectivity index (χ4n) is 1.99. The fraction of sp³-hybridized carbons (Fsp3) is 0.438. The number of hydrogen-bond acceptors (Lipinski definition) is 4. The van der Waals surface area contributed by atoms with Crippen LogP contribution in [0, 0.1) is 28.6 Å². The van der Waals surface area contributed by atoms with Gasteiger partial charge in [0.25, 0.3) is 0 Å². The van der Waals surface area contributed by atoms with Crippen molar-refractivity contribution in [3.63, 3.8) is 0 Å². The van der Waals surface area contributed by atoms with Gasteiger partial charge in [-0.1, -0.05) is 6.92 Å². The van der Waals surface area contributed by atoms with E-state index in [-0.39, 0.29) is 17.9 Å². The molecule has 0 aliphatic rings. The van der Waals surface area contributed by atoms with Crippen LogP contribution < -0.4 is 5.32 Å². The number of nitriles is 2. The number of amides is 1. The quantitative estimate of drug-likeness (QED) is 0.869. The van der Waals surface area contributed by atoms with Crippen LogP contribution >= 0.6 is 0 Å². The summed E-state index contributed by atoms with van der Waals surface area (Å²) >= 11 is 0. The van der Waals surface area contributed by atoms with Crippen LogP contribution in [0.5, 0.6) is 0 Å². The summed E-state index contributed by atoms with van der Waals surface area (Å²) in [6.07, 6.45) is 0. The first kappa shape index (κ1) is 16.7. The highest BCUT2D eigenvalue weighted by molar-refractivity contribution is 5.94. The lowest BCUT2D eigenvalue weighted by atomic mass is 10.1. The van der Waals surface area contributed by atoms with E-state index in [1.54, 1.807) is 24.3 Å². The second-order valence-corrected chi connectivity index (χ2v) is 4.97. The Morgan fingerprint density at radius 1 is 1.29 bits per heavy atom. The lowest BCUT2D eigenvalue weighted by Crippen LogP contribution is -2.43. The van der Waals surface area contributed by atoms with Crippen molar-refractivity contribution in [2.24, 2.45) is 5.92 Å². The first-order valence-corrected chi connectivity index (χ1v) is 6.96. The van der Waals surface area contributed by atoms with Gasteiger partial charge in [-0.15, -0.1) is 0 Å². The molecule has 0 heterocycles. The maximum atomic E-state index is 12.2. The van der Waals surface area contributed by atoms with E-state index >= 15 is 0 Å². The summed E-state index contributed by atoms with van der Waals surface area (Å²) in [6, 6.07) is 10.6. The van der Waals surface area contributed by atoms with E-state index in [4.69, 9.17) is 10.5 Å². The zero-order valence-electron chi connectivity index (χ0n) is 12.6. The van der Waals surface area contributed by atoms with Crippen LogP contribution in [0.15, 0.2) is 24.3 Å². The standard InChI is InChI=1S/C16H20N4O/c1-4-20(11-12(2)9-17)13(3)16(21)19-15-7-5-14(10-18)6-8-15/h5-8,12-13H,4,11H2,1-3H3,(H,19,21). The van der Waals surface area contributed by atoms with Crippen molar-refractivity contribution in [3.8, 4) is 12.1 Å². The molecule has 1 amide bonds. The van der Waals surface area contributed by atoms with Crippen LogP contribution in [-0.2, 0) is 4.79 Å². The molecule has 1 aromatic carbocycles. The third-order valence-corrected chi connectivity index (χ3v) is 3.34. The monoisotopic (exact) mass is 284 g/mol. The number of likely N-dealkylation sites (N-methyl/N-ethyl adjacent to an activating group) is 1. The van der Waals surface area contributed by atoms with Gasteiger partial charge in [-0.2, -0.15) is 10.5 Å². The number of nitrogens with one attached hydrogen (secondary N) is 1. The zero-order valence-corrected chi connectivity index (χ0v) is 12.6. The number of anilines is 1. The van der Waals surface area contributed by atoms with Gasteiger partial charge in [0.1, 0.15) is 0 Å². The first-order chi connectivity index (χ1) is 10.0. The van der Waals surface area contributed by atoms with Gasteiger partial charge >= 0.3 is 0 Å². The molecule has 0 spiro atoms. The Morgan fingerprint density at radius 2 is 1.90 bits per heavy atom. The molecular formula is C16H20N4O. The summed E-state index contributed by atoms with van der Waals surface area (Å²) in [5, 5.41) is 20.4. The molecule has 0 aliphatic carbocycles. The van der Waals surface area contributed by atoms with E-state index in [0.717, 1.165) is 0 Å². The van der Waals surface area contributed by atoms with E-state index in [0.29, 0.717) is 24.3 Å². The molecule has 0 radical (unpaired) electrons. The number of benzene rings is 1. The molecule has 110 valence electrons. The Labute approximate surface area is 125 Å². The predicted molar refractivity (Wildman–Crippen MR) is 81.3 cm³/mol. The van der Waals surface area contributed by atoms with Gasteiger partial charge in [-0.25, -0.2) is 0 Å². The minimum Gasteiger partial charge on any atom is -0.325 e. The van der Waals surface area contributed by atoms with Gasteiger partial charge in [-0.05, 0) is 44.7 Å². The summed E-state index contributed by atoms with van der Waals surface area (Å²) in [7, 11) is 0. The highest BCUT2D eigenvalue weighted by Gasteiger charge is 2.21. The summed E-state index contributed by atoms with van der Waals surface area (Å²) in [4.78, 5) is 14.2. The molecule has 1 N–H and O–H groups in total. The number of hydrogen-bond donors (Lipinski definition) is 1. The molecular weight excluding hydrogens is 264 g/mol. The van der Waals surface area contributed by atoms with Crippen LogP contribution in [-0.4, -0.2) is 29.9 Å². The third-order valence-electron chi connectivity index (χ3n) is 3.34. The highest BCUT2D eigenvalue weighted by Crippen LogP contribution is 2.11. The van der Waals surface area contributed by atoms with Gasteiger partial charge in [0, 0.05) is 12.2 Å². The van der Waals surface area contributed by atoms with Gasteiger partial charge in [-0.3, -0.25) is 9.69 Å². The van der Waals surface area contributed by atoms with Crippen molar-refractivity contribution in [2.45, 2.75) is 26.8 Å². The largest absolute Gasteiger partial charge is 0.325 e. The smallest absolute Gasteiger partial charge is 0.241 e. The lowest BCUT2D eigenvalue weighted by molar-refractivity contribution is -0.120. The maximum absolute atomic E-state index is 12.2. The van der Waals surface area contributed by atoms with Crippen LogP contribution in [0.2, 0.25) is 0 Å². The molecule has 0 bridgehead atoms. The Bertz CT molecular complexity index is 553. The van der Waals surface area contributed by atoms with E-state index in [1.165, 1.54) is 0 Å². The molecule has 2 atom stereocenters. The molecule has 0 aliphatic heterocycles. The van der Waals surface area contributed by atoms with Gasteiger partial charge in [0.05, 0.1) is 29.7 Å². The van der Waals surface area contributed by atoms with Crippen molar-refractivity contribution in [1.29, 1.82) is 10.5 Å². The SMILES string of the molecule is CCN(CC(C)C#N)C(C)C(=O)Nc1ccc(C#N)cc1. The summed E-state index contributed by atoms with van der Waals surface area (Å²) in [6.45, 7) is 6.90. The number of nitrogens with zero attached hydrogens (tertiary/aromatic N) is 3. The van der Waals surface area contributed by atoms with Crippen molar-refractivity contribution in [1.82, 2.24) is 4.90 Å². The maximum Gasteiger partial charge on any atom is 0.241 e. The van der Waals surface area contributed by atoms with Crippen LogP contribution in [0.3, 0.4) is 0 Å². The van der Waals surface area contributed by atoms with E-state index in [1.807, 2.05) is 31.7 Å². The first-order valence-electron chi connectivity index (χ1n) is 6.96. The molecule has 5 heteroatoms. The van der Waals surface area contributed by atoms with Crippen molar-refractivity contribution < 1.29 is 4.79 Å². The van der Waals surface area contributed by atoms with Gasteiger partial charge < -0.3 is 5.32 Å². The average molecular weight is 284 g/mol. The minimum absolute atomic E-state index is 0.116. The molecule has 0 fully saturated rings. The number of carbonyl (C=O) groups excluding carboxylic acids is 1. The number of carbonyl (C=O) groups is 1. The second-order valence-electron chi connectivity index (χ2n) is 4.97. The van der Waals surface area contributed by atoms with Crippen molar-refractivity contribution in [3.05, 3.63) is 29.8 Å². The summed E-state index contributed by atoms with van der Waals surface area (Å²) < 4.78 is 0. The predicted octanol–water partition coefficient (Wildman–Crippen LogP) is 2.37. The molecule has 5 nitrogen and oxygen atoms in total. The highest BCUT2D eigenvalue weighted by atomic mass is 16.2. The molecule has 1 rings (SSSR count). The van der Waals surface area contributed by atoms with Gasteiger partial charge in [0.2, 0.25) is 5.91 Å². The molecule has 0 saturated carbocycles. The van der Waals surface area contributed by atoms with Crippen LogP contribution in [0.1, 0.15) is 26.3 Å². The van der Waals surface area contributed by atoms with E-state index in [2.05, 4.69) is 11.4 Å². The zero-order chi connectivity index (χ0) is 15.8. The van der Waals surface area contributed by atoms with E-state index < -0.39 is 0 Å². The topological polar surface area (TPSA) is 79.9 Å². The molecule has 21 heavy (non-hydrogen) atoms. The summed E-state index contributed by atoms with van der Waals surface area (Å²) in [5.41, 5.74) is 1.22. The summed E-state index contributed by atoms with van der Waals surface area (Å²) in [5.74, 6) is -0.234. The van der Waals surface area contributed by atoms with Gasteiger partial charge in [0.15, 0.2) is 0 Å².